The number of anilines is 1. The first-order valence-corrected chi connectivity index (χ1v) is 6.79. The van der Waals surface area contributed by atoms with E-state index in [2.05, 4.69) is 20.6 Å². The Kier molecular flexibility index (Phi) is 3.71. The number of hydrogen-bond acceptors (Lipinski definition) is 6. The molecular formula is C15H13N5O3. The minimum atomic E-state index is -0.406. The number of nitrogens with zero attached hydrogens (tertiary/aromatic N) is 4. The molecule has 8 nitrogen and oxygen atoms in total. The average Bonchev–Trinajstić information content (AvgIpc) is 3.16. The summed E-state index contributed by atoms with van der Waals surface area (Å²) >= 11 is 0. The van der Waals surface area contributed by atoms with Crippen LogP contribution in [0.3, 0.4) is 0 Å². The molecule has 0 aliphatic heterocycles. The van der Waals surface area contributed by atoms with Gasteiger partial charge in [-0.2, -0.15) is 5.10 Å². The van der Waals surface area contributed by atoms with Crippen LogP contribution in [0.2, 0.25) is 0 Å². The van der Waals surface area contributed by atoms with Gasteiger partial charge in [0, 0.05) is 24.4 Å². The summed E-state index contributed by atoms with van der Waals surface area (Å²) in [6, 6.07) is 7.99. The van der Waals surface area contributed by atoms with E-state index in [1.54, 1.807) is 48.3 Å². The van der Waals surface area contributed by atoms with Gasteiger partial charge in [0.1, 0.15) is 5.69 Å². The third-order valence-electron chi connectivity index (χ3n) is 3.13. The maximum Gasteiger partial charge on any atom is 0.322 e. The molecule has 0 aliphatic carbocycles. The summed E-state index contributed by atoms with van der Waals surface area (Å²) in [6.07, 6.45) is 1.74. The number of amides is 1. The van der Waals surface area contributed by atoms with E-state index in [1.807, 2.05) is 0 Å². The van der Waals surface area contributed by atoms with Crippen molar-refractivity contribution in [3.05, 3.63) is 47.7 Å². The zero-order chi connectivity index (χ0) is 16.4. The van der Waals surface area contributed by atoms with Crippen LogP contribution in [0.1, 0.15) is 27.6 Å². The number of carbonyl (C=O) groups is 2. The highest BCUT2D eigenvalue weighted by atomic mass is 16.4. The van der Waals surface area contributed by atoms with Crippen LogP contribution < -0.4 is 5.32 Å². The lowest BCUT2D eigenvalue weighted by atomic mass is 10.1. The van der Waals surface area contributed by atoms with Gasteiger partial charge >= 0.3 is 6.01 Å². The first-order valence-electron chi connectivity index (χ1n) is 6.79. The van der Waals surface area contributed by atoms with Crippen LogP contribution in [0, 0.1) is 0 Å². The number of aromatic nitrogens is 4. The summed E-state index contributed by atoms with van der Waals surface area (Å²) < 4.78 is 6.96. The Morgan fingerprint density at radius 2 is 1.78 bits per heavy atom. The van der Waals surface area contributed by atoms with Gasteiger partial charge in [0.15, 0.2) is 5.78 Å². The zero-order valence-corrected chi connectivity index (χ0v) is 12.5. The van der Waals surface area contributed by atoms with E-state index in [0.717, 1.165) is 0 Å². The summed E-state index contributed by atoms with van der Waals surface area (Å²) in [6.45, 7) is 1.46. The Hall–Kier alpha value is -3.29. The molecule has 0 bridgehead atoms. The second-order valence-electron chi connectivity index (χ2n) is 4.87. The fourth-order valence-corrected chi connectivity index (χ4v) is 1.93. The Morgan fingerprint density at radius 1 is 1.09 bits per heavy atom. The zero-order valence-electron chi connectivity index (χ0n) is 12.5. The van der Waals surface area contributed by atoms with E-state index in [9.17, 15) is 9.59 Å². The molecule has 2 aromatic heterocycles. The topological polar surface area (TPSA) is 103 Å². The SMILES string of the molecule is CC(=O)c1ccc(C(=O)Nc2nnc(-c3ccn(C)n3)o2)cc1. The van der Waals surface area contributed by atoms with E-state index < -0.39 is 5.91 Å². The molecule has 3 aromatic rings. The van der Waals surface area contributed by atoms with Crippen LogP contribution >= 0.6 is 0 Å². The van der Waals surface area contributed by atoms with Crippen LogP contribution in [0.25, 0.3) is 11.6 Å². The van der Waals surface area contributed by atoms with Crippen molar-refractivity contribution in [1.29, 1.82) is 0 Å². The fraction of sp³-hybridized carbons (Fsp3) is 0.133. The number of rotatable bonds is 4. The van der Waals surface area contributed by atoms with Gasteiger partial charge in [-0.25, -0.2) is 0 Å². The standard InChI is InChI=1S/C15H13N5O3/c1-9(21)10-3-5-11(6-4-10)13(22)16-15-18-17-14(23-15)12-7-8-20(2)19-12/h3-8H,1-2H3,(H,16,18,22). The predicted molar refractivity (Wildman–Crippen MR) is 80.9 cm³/mol. The van der Waals surface area contributed by atoms with Crippen molar-refractivity contribution in [1.82, 2.24) is 20.0 Å². The molecule has 0 aliphatic rings. The number of ketones is 1. The molecule has 116 valence electrons. The number of carbonyl (C=O) groups excluding carboxylic acids is 2. The van der Waals surface area contributed by atoms with Crippen molar-refractivity contribution in [3.8, 4) is 11.6 Å². The number of Topliss-reactive ketones (excluding diaryl/α,β-unsaturated/α-hetero) is 1. The van der Waals surface area contributed by atoms with Crippen LogP contribution in [0.5, 0.6) is 0 Å². The maximum absolute atomic E-state index is 12.1. The van der Waals surface area contributed by atoms with E-state index in [1.165, 1.54) is 6.92 Å². The average molecular weight is 311 g/mol. The van der Waals surface area contributed by atoms with Crippen molar-refractivity contribution >= 4 is 17.7 Å². The molecule has 0 fully saturated rings. The van der Waals surface area contributed by atoms with Gasteiger partial charge in [0.25, 0.3) is 11.8 Å². The van der Waals surface area contributed by atoms with E-state index >= 15 is 0 Å². The number of hydrogen-bond donors (Lipinski definition) is 1. The first-order chi connectivity index (χ1) is 11.0. The summed E-state index contributed by atoms with van der Waals surface area (Å²) in [7, 11) is 1.77. The van der Waals surface area contributed by atoms with Gasteiger partial charge in [-0.3, -0.25) is 19.6 Å². The molecule has 3 rings (SSSR count). The summed E-state index contributed by atoms with van der Waals surface area (Å²) in [5, 5.41) is 14.2. The fourth-order valence-electron chi connectivity index (χ4n) is 1.93. The van der Waals surface area contributed by atoms with Crippen molar-refractivity contribution < 1.29 is 14.0 Å². The van der Waals surface area contributed by atoms with Crippen molar-refractivity contribution in [2.75, 3.05) is 5.32 Å². The second-order valence-corrected chi connectivity index (χ2v) is 4.87. The number of benzene rings is 1. The molecule has 8 heteroatoms. The van der Waals surface area contributed by atoms with Crippen LogP contribution in [-0.2, 0) is 7.05 Å². The van der Waals surface area contributed by atoms with Gasteiger partial charge < -0.3 is 4.42 Å². The van der Waals surface area contributed by atoms with Gasteiger partial charge in [0.05, 0.1) is 0 Å². The minimum absolute atomic E-state index is 0.0219. The molecule has 1 N–H and O–H groups in total. The van der Waals surface area contributed by atoms with Crippen LogP contribution in [-0.4, -0.2) is 31.7 Å². The van der Waals surface area contributed by atoms with E-state index in [-0.39, 0.29) is 17.7 Å². The number of nitrogens with one attached hydrogen (secondary N) is 1. The second kappa shape index (κ2) is 5.84. The molecule has 1 aromatic carbocycles. The summed E-state index contributed by atoms with van der Waals surface area (Å²) in [4.78, 5) is 23.3. The van der Waals surface area contributed by atoms with Crippen LogP contribution in [0.15, 0.2) is 40.9 Å². The lowest BCUT2D eigenvalue weighted by molar-refractivity contribution is 0.100. The predicted octanol–water partition coefficient (Wildman–Crippen LogP) is 1.92. The minimum Gasteiger partial charge on any atom is -0.401 e. The lowest BCUT2D eigenvalue weighted by Gasteiger charge is -2.01. The van der Waals surface area contributed by atoms with Gasteiger partial charge in [-0.15, -0.1) is 5.10 Å². The molecular weight excluding hydrogens is 298 g/mol. The van der Waals surface area contributed by atoms with Crippen molar-refractivity contribution in [2.45, 2.75) is 6.92 Å². The van der Waals surface area contributed by atoms with Crippen molar-refractivity contribution in [2.24, 2.45) is 7.05 Å². The van der Waals surface area contributed by atoms with Gasteiger partial charge in [0.2, 0.25) is 0 Å². The molecule has 0 atom stereocenters. The molecule has 23 heavy (non-hydrogen) atoms. The van der Waals surface area contributed by atoms with Crippen molar-refractivity contribution in [3.63, 3.8) is 0 Å². The van der Waals surface area contributed by atoms with E-state index in [0.29, 0.717) is 16.8 Å². The van der Waals surface area contributed by atoms with Gasteiger partial charge in [-0.05, 0) is 25.1 Å². The molecule has 0 radical (unpaired) electrons. The highest BCUT2D eigenvalue weighted by Gasteiger charge is 2.14. The summed E-state index contributed by atoms with van der Waals surface area (Å²) in [5.74, 6) is -0.252. The Morgan fingerprint density at radius 3 is 2.39 bits per heavy atom. The highest BCUT2D eigenvalue weighted by Crippen LogP contribution is 2.17. The smallest absolute Gasteiger partial charge is 0.322 e. The largest absolute Gasteiger partial charge is 0.401 e. The Bertz CT molecular complexity index is 863. The van der Waals surface area contributed by atoms with Crippen LogP contribution in [0.4, 0.5) is 6.01 Å². The van der Waals surface area contributed by atoms with Gasteiger partial charge in [-0.1, -0.05) is 17.2 Å². The molecule has 0 saturated carbocycles. The third kappa shape index (κ3) is 3.15. The monoisotopic (exact) mass is 311 g/mol. The molecule has 0 spiro atoms. The van der Waals surface area contributed by atoms with E-state index in [4.69, 9.17) is 4.42 Å². The molecule has 0 unspecified atom stereocenters. The summed E-state index contributed by atoms with van der Waals surface area (Å²) in [5.41, 5.74) is 1.44. The molecule has 1 amide bonds. The quantitative estimate of drug-likeness (QED) is 0.738. The molecule has 2 heterocycles. The highest BCUT2D eigenvalue weighted by molar-refractivity contribution is 6.04. The lowest BCUT2D eigenvalue weighted by Crippen LogP contribution is -2.12. The Labute approximate surface area is 131 Å². The first kappa shape index (κ1) is 14.6. The maximum atomic E-state index is 12.1. The Balaban J connectivity index is 1.73. The molecule has 0 saturated heterocycles. The number of aryl methyl sites for hydroxylation is 1. The normalized spacial score (nSPS) is 10.5. The third-order valence-corrected chi connectivity index (χ3v) is 3.13.